The predicted molar refractivity (Wildman–Crippen MR) is 68.0 cm³/mol. The van der Waals surface area contributed by atoms with Gasteiger partial charge in [0.05, 0.1) is 0 Å². The van der Waals surface area contributed by atoms with Gasteiger partial charge in [0.1, 0.15) is 5.78 Å². The van der Waals surface area contributed by atoms with Gasteiger partial charge in [-0.2, -0.15) is 0 Å². The minimum absolute atomic E-state index is 0.509. The molecule has 3 heteroatoms. The van der Waals surface area contributed by atoms with Crippen molar-refractivity contribution in [1.29, 1.82) is 0 Å². The number of hydrogen-bond donors (Lipinski definition) is 0. The van der Waals surface area contributed by atoms with Gasteiger partial charge in [-0.25, -0.2) is 0 Å². The number of nitrogens with zero attached hydrogens (tertiary/aromatic N) is 2. The Morgan fingerprint density at radius 2 is 1.76 bits per heavy atom. The molecule has 0 N–H and O–H groups in total. The molecule has 4 atom stereocenters. The van der Waals surface area contributed by atoms with Gasteiger partial charge in [-0.15, -0.1) is 0 Å². The molecule has 3 aliphatic heterocycles. The maximum absolute atomic E-state index is 11.7. The summed E-state index contributed by atoms with van der Waals surface area (Å²) in [6, 6.07) is 1.89. The number of hydrogen-bond acceptors (Lipinski definition) is 3. The highest BCUT2D eigenvalue weighted by atomic mass is 16.1. The van der Waals surface area contributed by atoms with Gasteiger partial charge < -0.3 is 4.90 Å². The van der Waals surface area contributed by atoms with E-state index in [2.05, 4.69) is 23.8 Å². The molecule has 3 nitrogen and oxygen atoms in total. The molecule has 0 aliphatic carbocycles. The third kappa shape index (κ3) is 2.04. The molecule has 0 radical (unpaired) electrons. The van der Waals surface area contributed by atoms with Crippen LogP contribution in [-0.2, 0) is 4.79 Å². The zero-order valence-electron chi connectivity index (χ0n) is 11.1. The highest BCUT2D eigenvalue weighted by molar-refractivity contribution is 5.81. The van der Waals surface area contributed by atoms with Crippen LogP contribution in [0.1, 0.15) is 39.0 Å². The topological polar surface area (TPSA) is 23.6 Å². The summed E-state index contributed by atoms with van der Waals surface area (Å²) < 4.78 is 0. The first kappa shape index (κ1) is 11.7. The number of Topliss-reactive ketones (excluding diaryl/α,β-unsaturated/α-hetero) is 1. The normalized spacial score (nSPS) is 44.2. The number of carbonyl (C=O) groups is 1. The number of carbonyl (C=O) groups excluding carboxylic acids is 1. The molecule has 0 aromatic rings. The van der Waals surface area contributed by atoms with Crippen molar-refractivity contribution >= 4 is 5.78 Å². The standard InChI is InChI=1S/C14H24N2O/c1-10-9-15(2)6-5-14(10)16-11-3-4-12(16)8-13(17)7-11/h10-12,14H,3-9H2,1-2H3. The van der Waals surface area contributed by atoms with Crippen LogP contribution in [0.3, 0.4) is 0 Å². The van der Waals surface area contributed by atoms with E-state index < -0.39 is 0 Å². The molecule has 2 bridgehead atoms. The lowest BCUT2D eigenvalue weighted by Crippen LogP contribution is -2.55. The lowest BCUT2D eigenvalue weighted by Gasteiger charge is -2.46. The third-order valence-corrected chi connectivity index (χ3v) is 5.05. The highest BCUT2D eigenvalue weighted by Crippen LogP contribution is 2.39. The molecular formula is C14H24N2O. The van der Waals surface area contributed by atoms with Gasteiger partial charge in [0.25, 0.3) is 0 Å². The molecule has 0 aromatic heterocycles. The third-order valence-electron chi connectivity index (χ3n) is 5.05. The fourth-order valence-electron chi connectivity index (χ4n) is 4.33. The molecular weight excluding hydrogens is 212 g/mol. The zero-order valence-corrected chi connectivity index (χ0v) is 11.1. The van der Waals surface area contributed by atoms with Crippen LogP contribution in [0.5, 0.6) is 0 Å². The van der Waals surface area contributed by atoms with E-state index in [-0.39, 0.29) is 0 Å². The van der Waals surface area contributed by atoms with Crippen molar-refractivity contribution in [1.82, 2.24) is 9.80 Å². The van der Waals surface area contributed by atoms with Crippen LogP contribution in [0, 0.1) is 5.92 Å². The molecule has 3 fully saturated rings. The van der Waals surface area contributed by atoms with Crippen LogP contribution >= 0.6 is 0 Å². The summed E-state index contributed by atoms with van der Waals surface area (Å²) in [7, 11) is 2.22. The van der Waals surface area contributed by atoms with Crippen molar-refractivity contribution in [2.75, 3.05) is 20.1 Å². The Balaban J connectivity index is 1.74. The molecule has 3 aliphatic rings. The Bertz CT molecular complexity index is 301. The second kappa shape index (κ2) is 4.36. The maximum atomic E-state index is 11.7. The average molecular weight is 236 g/mol. The summed E-state index contributed by atoms with van der Waals surface area (Å²) in [5.74, 6) is 1.26. The van der Waals surface area contributed by atoms with E-state index in [4.69, 9.17) is 0 Å². The summed E-state index contributed by atoms with van der Waals surface area (Å²) in [6.45, 7) is 4.82. The van der Waals surface area contributed by atoms with Crippen LogP contribution in [-0.4, -0.2) is 53.8 Å². The van der Waals surface area contributed by atoms with Crippen molar-refractivity contribution in [3.8, 4) is 0 Å². The number of likely N-dealkylation sites (tertiary alicyclic amines) is 1. The van der Waals surface area contributed by atoms with Gasteiger partial charge in [0, 0.05) is 37.5 Å². The Morgan fingerprint density at radius 3 is 2.35 bits per heavy atom. The van der Waals surface area contributed by atoms with Crippen molar-refractivity contribution in [3.05, 3.63) is 0 Å². The molecule has 4 unspecified atom stereocenters. The van der Waals surface area contributed by atoms with Crippen molar-refractivity contribution in [2.45, 2.75) is 57.2 Å². The molecule has 0 spiro atoms. The monoisotopic (exact) mass is 236 g/mol. The van der Waals surface area contributed by atoms with Gasteiger partial charge in [0.2, 0.25) is 0 Å². The van der Waals surface area contributed by atoms with Crippen molar-refractivity contribution < 1.29 is 4.79 Å². The lowest BCUT2D eigenvalue weighted by molar-refractivity contribution is -0.125. The SMILES string of the molecule is CC1CN(C)CCC1N1C2CCC1CC(=O)C2. The van der Waals surface area contributed by atoms with Crippen LogP contribution in [0.25, 0.3) is 0 Å². The van der Waals surface area contributed by atoms with Crippen molar-refractivity contribution in [2.24, 2.45) is 5.92 Å². The van der Waals surface area contributed by atoms with Gasteiger partial charge in [-0.05, 0) is 38.8 Å². The van der Waals surface area contributed by atoms with E-state index in [0.717, 1.165) is 24.8 Å². The molecule has 96 valence electrons. The predicted octanol–water partition coefficient (Wildman–Crippen LogP) is 1.52. The molecule has 3 heterocycles. The largest absolute Gasteiger partial charge is 0.306 e. The number of piperidine rings is 2. The maximum Gasteiger partial charge on any atom is 0.136 e. The second-order valence-electron chi connectivity index (χ2n) is 6.37. The lowest BCUT2D eigenvalue weighted by atomic mass is 9.88. The van der Waals surface area contributed by atoms with Gasteiger partial charge >= 0.3 is 0 Å². The van der Waals surface area contributed by atoms with Crippen LogP contribution in [0.2, 0.25) is 0 Å². The van der Waals surface area contributed by atoms with E-state index in [1.54, 1.807) is 0 Å². The van der Waals surface area contributed by atoms with E-state index >= 15 is 0 Å². The van der Waals surface area contributed by atoms with E-state index in [1.165, 1.54) is 32.4 Å². The molecule has 3 rings (SSSR count). The first-order valence-corrected chi connectivity index (χ1v) is 7.13. The summed E-state index contributed by atoms with van der Waals surface area (Å²) in [6.07, 6.45) is 5.47. The summed E-state index contributed by atoms with van der Waals surface area (Å²) in [5.41, 5.74) is 0. The Labute approximate surface area is 104 Å². The van der Waals surface area contributed by atoms with Crippen LogP contribution in [0.4, 0.5) is 0 Å². The quantitative estimate of drug-likeness (QED) is 0.690. The van der Waals surface area contributed by atoms with E-state index in [0.29, 0.717) is 17.9 Å². The Kier molecular flexibility index (Phi) is 2.99. The van der Waals surface area contributed by atoms with Crippen LogP contribution < -0.4 is 0 Å². The zero-order chi connectivity index (χ0) is 12.0. The molecule has 0 amide bonds. The fourth-order valence-corrected chi connectivity index (χ4v) is 4.33. The summed E-state index contributed by atoms with van der Waals surface area (Å²) in [4.78, 5) is 16.8. The van der Waals surface area contributed by atoms with Gasteiger partial charge in [-0.3, -0.25) is 9.69 Å². The van der Waals surface area contributed by atoms with E-state index in [1.807, 2.05) is 0 Å². The minimum Gasteiger partial charge on any atom is -0.306 e. The van der Waals surface area contributed by atoms with Gasteiger partial charge in [-0.1, -0.05) is 6.92 Å². The van der Waals surface area contributed by atoms with E-state index in [9.17, 15) is 4.79 Å². The number of fused-ring (bicyclic) bond motifs is 2. The number of ketones is 1. The van der Waals surface area contributed by atoms with Crippen LogP contribution in [0.15, 0.2) is 0 Å². The first-order chi connectivity index (χ1) is 8.15. The van der Waals surface area contributed by atoms with Crippen molar-refractivity contribution in [3.63, 3.8) is 0 Å². The fraction of sp³-hybridized carbons (Fsp3) is 0.929. The minimum atomic E-state index is 0.509. The molecule has 0 aromatic carbocycles. The Hall–Kier alpha value is -0.410. The van der Waals surface area contributed by atoms with Gasteiger partial charge in [0.15, 0.2) is 0 Å². The molecule has 17 heavy (non-hydrogen) atoms. The summed E-state index contributed by atoms with van der Waals surface area (Å²) >= 11 is 0. The Morgan fingerprint density at radius 1 is 1.12 bits per heavy atom. The average Bonchev–Trinajstić information content (AvgIpc) is 2.53. The molecule has 3 saturated heterocycles. The second-order valence-corrected chi connectivity index (χ2v) is 6.37. The summed E-state index contributed by atoms with van der Waals surface area (Å²) in [5, 5.41) is 0. The molecule has 0 saturated carbocycles. The number of rotatable bonds is 1. The smallest absolute Gasteiger partial charge is 0.136 e. The first-order valence-electron chi connectivity index (χ1n) is 7.13. The highest BCUT2D eigenvalue weighted by Gasteiger charge is 2.45.